The van der Waals surface area contributed by atoms with Crippen molar-refractivity contribution in [2.45, 2.75) is 18.8 Å². The van der Waals surface area contributed by atoms with Crippen molar-refractivity contribution in [3.63, 3.8) is 0 Å². The van der Waals surface area contributed by atoms with Crippen molar-refractivity contribution in [2.75, 3.05) is 31.6 Å². The van der Waals surface area contributed by atoms with Gasteiger partial charge in [-0.05, 0) is 18.6 Å². The van der Waals surface area contributed by atoms with E-state index in [9.17, 15) is 13.2 Å². The summed E-state index contributed by atoms with van der Waals surface area (Å²) < 4.78 is 40.9. The SMILES string of the molecule is C#CCNC(=NC)NC1CCN(c2cccc(OC(F)(F)F)c2)C1. The van der Waals surface area contributed by atoms with E-state index in [2.05, 4.69) is 26.3 Å². The molecule has 24 heavy (non-hydrogen) atoms. The van der Waals surface area contributed by atoms with Crippen LogP contribution in [0.25, 0.3) is 0 Å². The standard InChI is InChI=1S/C16H19F3N4O/c1-3-8-21-15(20-2)22-12-7-9-23(11-12)13-5-4-6-14(10-13)24-16(17,18)19/h1,4-6,10,12H,7-9,11H2,2H3,(H2,20,21,22). The number of anilines is 1. The van der Waals surface area contributed by atoms with Crippen LogP contribution in [0.2, 0.25) is 0 Å². The Morgan fingerprint density at radius 1 is 1.50 bits per heavy atom. The molecule has 1 aromatic carbocycles. The minimum absolute atomic E-state index is 0.126. The maximum absolute atomic E-state index is 12.3. The van der Waals surface area contributed by atoms with Crippen molar-refractivity contribution in [3.8, 4) is 18.1 Å². The first-order valence-electron chi connectivity index (χ1n) is 7.42. The highest BCUT2D eigenvalue weighted by Gasteiger charge is 2.31. The van der Waals surface area contributed by atoms with E-state index in [-0.39, 0.29) is 11.8 Å². The van der Waals surface area contributed by atoms with Gasteiger partial charge in [-0.3, -0.25) is 4.99 Å². The number of rotatable bonds is 4. The molecule has 0 radical (unpaired) electrons. The molecule has 1 fully saturated rings. The molecule has 0 amide bonds. The van der Waals surface area contributed by atoms with Gasteiger partial charge in [-0.2, -0.15) is 0 Å². The number of hydrogen-bond acceptors (Lipinski definition) is 3. The smallest absolute Gasteiger partial charge is 0.406 e. The molecule has 0 spiro atoms. The summed E-state index contributed by atoms with van der Waals surface area (Å²) in [5.41, 5.74) is 0.688. The Kier molecular flexibility index (Phi) is 5.79. The highest BCUT2D eigenvalue weighted by atomic mass is 19.4. The summed E-state index contributed by atoms with van der Waals surface area (Å²) in [6.07, 6.45) is 1.34. The van der Waals surface area contributed by atoms with Gasteiger partial charge in [0.05, 0.1) is 6.54 Å². The Balaban J connectivity index is 1.96. The van der Waals surface area contributed by atoms with Crippen molar-refractivity contribution >= 4 is 11.6 Å². The van der Waals surface area contributed by atoms with Crippen LogP contribution in [0.15, 0.2) is 29.3 Å². The summed E-state index contributed by atoms with van der Waals surface area (Å²) in [6.45, 7) is 1.73. The number of alkyl halides is 3. The van der Waals surface area contributed by atoms with Gasteiger partial charge < -0.3 is 20.3 Å². The zero-order valence-electron chi connectivity index (χ0n) is 13.2. The predicted molar refractivity (Wildman–Crippen MR) is 87.1 cm³/mol. The van der Waals surface area contributed by atoms with E-state index in [0.717, 1.165) is 13.0 Å². The van der Waals surface area contributed by atoms with Gasteiger partial charge in [-0.25, -0.2) is 0 Å². The lowest BCUT2D eigenvalue weighted by molar-refractivity contribution is -0.274. The second-order valence-electron chi connectivity index (χ2n) is 5.25. The van der Waals surface area contributed by atoms with Gasteiger partial charge in [0.2, 0.25) is 0 Å². The number of guanidine groups is 1. The quantitative estimate of drug-likeness (QED) is 0.500. The predicted octanol–water partition coefficient (Wildman–Crippen LogP) is 1.96. The summed E-state index contributed by atoms with van der Waals surface area (Å²) in [5.74, 6) is 2.85. The molecule has 5 nitrogen and oxygen atoms in total. The molecule has 1 aliphatic heterocycles. The molecule has 1 unspecified atom stereocenters. The first-order valence-corrected chi connectivity index (χ1v) is 7.42. The molecule has 1 heterocycles. The van der Waals surface area contributed by atoms with Gasteiger partial charge >= 0.3 is 6.36 Å². The first-order chi connectivity index (χ1) is 11.4. The van der Waals surface area contributed by atoms with Crippen LogP contribution in [0, 0.1) is 12.3 Å². The number of ether oxygens (including phenoxy) is 1. The van der Waals surface area contributed by atoms with Gasteiger partial charge in [0.15, 0.2) is 5.96 Å². The summed E-state index contributed by atoms with van der Waals surface area (Å²) >= 11 is 0. The van der Waals surface area contributed by atoms with Crippen LogP contribution in [-0.2, 0) is 0 Å². The molecular weight excluding hydrogens is 321 g/mol. The summed E-state index contributed by atoms with van der Waals surface area (Å²) in [7, 11) is 1.65. The van der Waals surface area contributed by atoms with Gasteiger partial charge in [-0.1, -0.05) is 12.0 Å². The normalized spacial score (nSPS) is 18.2. The van der Waals surface area contributed by atoms with Crippen molar-refractivity contribution < 1.29 is 17.9 Å². The Morgan fingerprint density at radius 2 is 2.29 bits per heavy atom. The molecular formula is C16H19F3N4O. The molecule has 0 aromatic heterocycles. The largest absolute Gasteiger partial charge is 0.573 e. The third-order valence-electron chi connectivity index (χ3n) is 3.53. The Morgan fingerprint density at radius 3 is 2.96 bits per heavy atom. The van der Waals surface area contributed by atoms with Crippen LogP contribution >= 0.6 is 0 Å². The number of nitrogens with one attached hydrogen (secondary N) is 2. The topological polar surface area (TPSA) is 48.9 Å². The molecule has 0 bridgehead atoms. The lowest BCUT2D eigenvalue weighted by Crippen LogP contribution is -2.44. The number of aliphatic imine (C=N–C) groups is 1. The van der Waals surface area contributed by atoms with Gasteiger partial charge in [0.25, 0.3) is 0 Å². The van der Waals surface area contributed by atoms with Crippen molar-refractivity contribution in [1.29, 1.82) is 0 Å². The third-order valence-corrected chi connectivity index (χ3v) is 3.53. The minimum atomic E-state index is -4.69. The molecule has 1 saturated heterocycles. The zero-order valence-corrected chi connectivity index (χ0v) is 13.2. The van der Waals surface area contributed by atoms with Crippen LogP contribution < -0.4 is 20.3 Å². The number of benzene rings is 1. The maximum Gasteiger partial charge on any atom is 0.573 e. The van der Waals surface area contributed by atoms with Crippen molar-refractivity contribution in [1.82, 2.24) is 10.6 Å². The molecule has 1 atom stereocenters. The van der Waals surface area contributed by atoms with E-state index in [1.807, 2.05) is 4.90 Å². The Labute approximate surface area is 138 Å². The first kappa shape index (κ1) is 17.8. The highest BCUT2D eigenvalue weighted by Crippen LogP contribution is 2.28. The van der Waals surface area contributed by atoms with Crippen LogP contribution in [0.4, 0.5) is 18.9 Å². The lowest BCUT2D eigenvalue weighted by Gasteiger charge is -2.21. The van der Waals surface area contributed by atoms with E-state index < -0.39 is 6.36 Å². The van der Waals surface area contributed by atoms with Crippen LogP contribution in [0.1, 0.15) is 6.42 Å². The minimum Gasteiger partial charge on any atom is -0.406 e. The molecule has 130 valence electrons. The van der Waals surface area contributed by atoms with Crippen LogP contribution in [-0.4, -0.2) is 45.0 Å². The third kappa shape index (κ3) is 5.26. The van der Waals surface area contributed by atoms with Gasteiger partial charge in [0, 0.05) is 37.9 Å². The summed E-state index contributed by atoms with van der Waals surface area (Å²) in [5, 5.41) is 6.22. The van der Waals surface area contributed by atoms with E-state index >= 15 is 0 Å². The fraction of sp³-hybridized carbons (Fsp3) is 0.438. The lowest BCUT2D eigenvalue weighted by atomic mass is 10.2. The molecule has 2 rings (SSSR count). The second kappa shape index (κ2) is 7.81. The number of halogens is 3. The van der Waals surface area contributed by atoms with E-state index in [1.165, 1.54) is 12.1 Å². The van der Waals surface area contributed by atoms with Gasteiger partial charge in [-0.15, -0.1) is 19.6 Å². The molecule has 1 aromatic rings. The Hall–Kier alpha value is -2.56. The van der Waals surface area contributed by atoms with Crippen LogP contribution in [0.5, 0.6) is 5.75 Å². The molecule has 0 aliphatic carbocycles. The van der Waals surface area contributed by atoms with Crippen molar-refractivity contribution in [3.05, 3.63) is 24.3 Å². The van der Waals surface area contributed by atoms with E-state index in [4.69, 9.17) is 6.42 Å². The van der Waals surface area contributed by atoms with E-state index in [0.29, 0.717) is 24.7 Å². The fourth-order valence-electron chi connectivity index (χ4n) is 2.51. The van der Waals surface area contributed by atoms with Gasteiger partial charge in [0.1, 0.15) is 5.75 Å². The average Bonchev–Trinajstić information content (AvgIpc) is 2.98. The van der Waals surface area contributed by atoms with Crippen molar-refractivity contribution in [2.24, 2.45) is 4.99 Å². The summed E-state index contributed by atoms with van der Waals surface area (Å²) in [4.78, 5) is 6.07. The number of terminal acetylenes is 1. The maximum atomic E-state index is 12.3. The number of hydrogen-bond donors (Lipinski definition) is 2. The zero-order chi connectivity index (χ0) is 17.6. The summed E-state index contributed by atoms with van der Waals surface area (Å²) in [6, 6.07) is 6.11. The molecule has 2 N–H and O–H groups in total. The molecule has 0 saturated carbocycles. The van der Waals surface area contributed by atoms with E-state index in [1.54, 1.807) is 19.2 Å². The average molecular weight is 340 g/mol. The monoisotopic (exact) mass is 340 g/mol. The highest BCUT2D eigenvalue weighted by molar-refractivity contribution is 5.80. The Bertz CT molecular complexity index is 624. The second-order valence-corrected chi connectivity index (χ2v) is 5.25. The molecule has 1 aliphatic rings. The molecule has 8 heteroatoms. The van der Waals surface area contributed by atoms with Crippen LogP contribution in [0.3, 0.4) is 0 Å². The number of nitrogens with zero attached hydrogens (tertiary/aromatic N) is 2. The fourth-order valence-corrected chi connectivity index (χ4v) is 2.51.